The van der Waals surface area contributed by atoms with Crippen LogP contribution in [-0.2, 0) is 9.47 Å². The minimum absolute atomic E-state index is 0.00880. The maximum Gasteiger partial charge on any atom is 0.339 e. The number of carboxylic acids is 2. The van der Waals surface area contributed by atoms with Crippen LogP contribution in [0.4, 0.5) is 0 Å². The number of carboxylic acid groups (broad SMARTS) is 2. The summed E-state index contributed by atoms with van der Waals surface area (Å²) in [6.07, 6.45) is -1.10. The monoisotopic (exact) mass is 422 g/mol. The summed E-state index contributed by atoms with van der Waals surface area (Å²) in [7, 11) is 0. The zero-order valence-corrected chi connectivity index (χ0v) is 18.7. The molecule has 0 saturated carbocycles. The standard InChI is InChI=1S/C22H30O8/c1-9(2)13-15(19(23)24)17(21(27)29-11(5)6)14(10(3)4)18(16(13)20(25)26)22(28)30-12(7)8/h9-12H,1-8H3,(H,23,24)(H,25,26). The molecule has 0 amide bonds. The molecule has 0 aliphatic carbocycles. The van der Waals surface area contributed by atoms with Crippen LogP contribution in [0.5, 0.6) is 0 Å². The van der Waals surface area contributed by atoms with Gasteiger partial charge in [-0.25, -0.2) is 19.2 Å². The number of benzene rings is 1. The fourth-order valence-corrected chi connectivity index (χ4v) is 3.36. The van der Waals surface area contributed by atoms with Gasteiger partial charge in [0.05, 0.1) is 34.5 Å². The highest BCUT2D eigenvalue weighted by molar-refractivity contribution is 6.13. The predicted molar refractivity (Wildman–Crippen MR) is 110 cm³/mol. The molecule has 166 valence electrons. The van der Waals surface area contributed by atoms with Gasteiger partial charge < -0.3 is 19.7 Å². The molecule has 0 atom stereocenters. The van der Waals surface area contributed by atoms with Crippen molar-refractivity contribution in [3.05, 3.63) is 33.4 Å². The van der Waals surface area contributed by atoms with E-state index in [0.29, 0.717) is 0 Å². The molecule has 1 rings (SSSR count). The third-order valence-corrected chi connectivity index (χ3v) is 4.25. The number of aromatic carboxylic acids is 2. The third-order valence-electron chi connectivity index (χ3n) is 4.25. The normalized spacial score (nSPS) is 11.3. The zero-order valence-electron chi connectivity index (χ0n) is 18.7. The number of carbonyl (C=O) groups excluding carboxylic acids is 2. The summed E-state index contributed by atoms with van der Waals surface area (Å²) < 4.78 is 10.5. The Morgan fingerprint density at radius 2 is 0.833 bits per heavy atom. The summed E-state index contributed by atoms with van der Waals surface area (Å²) in [4.78, 5) is 50.4. The molecule has 0 radical (unpaired) electrons. The van der Waals surface area contributed by atoms with Gasteiger partial charge in [0.15, 0.2) is 0 Å². The van der Waals surface area contributed by atoms with Crippen molar-refractivity contribution in [2.45, 2.75) is 79.4 Å². The van der Waals surface area contributed by atoms with Crippen LogP contribution in [-0.4, -0.2) is 46.3 Å². The minimum Gasteiger partial charge on any atom is -0.478 e. The average molecular weight is 422 g/mol. The molecule has 1 aromatic carbocycles. The Balaban J connectivity index is 4.34. The van der Waals surface area contributed by atoms with Crippen molar-refractivity contribution in [1.29, 1.82) is 0 Å². The Morgan fingerprint density at radius 1 is 0.567 bits per heavy atom. The Kier molecular flexibility index (Phi) is 8.16. The van der Waals surface area contributed by atoms with E-state index in [1.807, 2.05) is 0 Å². The smallest absolute Gasteiger partial charge is 0.339 e. The summed E-state index contributed by atoms with van der Waals surface area (Å²) in [6.45, 7) is 12.9. The van der Waals surface area contributed by atoms with Gasteiger partial charge in [-0.2, -0.15) is 0 Å². The van der Waals surface area contributed by atoms with E-state index in [0.717, 1.165) is 0 Å². The van der Waals surface area contributed by atoms with Crippen LogP contribution in [0.1, 0.15) is 120 Å². The van der Waals surface area contributed by atoms with E-state index in [1.165, 1.54) is 0 Å². The lowest BCUT2D eigenvalue weighted by Crippen LogP contribution is -2.28. The maximum absolute atomic E-state index is 13.0. The first-order valence-corrected chi connectivity index (χ1v) is 9.84. The number of ether oxygens (including phenoxy) is 2. The maximum atomic E-state index is 13.0. The molecule has 0 heterocycles. The molecule has 0 aromatic heterocycles. The molecule has 0 fully saturated rings. The van der Waals surface area contributed by atoms with E-state index >= 15 is 0 Å². The Labute approximate surface area is 176 Å². The Bertz CT molecular complexity index is 801. The lowest BCUT2D eigenvalue weighted by molar-refractivity contribution is 0.0361. The number of esters is 2. The molecule has 0 spiro atoms. The molecule has 1 aromatic rings. The fourth-order valence-electron chi connectivity index (χ4n) is 3.36. The first-order valence-electron chi connectivity index (χ1n) is 9.84. The molecule has 30 heavy (non-hydrogen) atoms. The Hall–Kier alpha value is -2.90. The SMILES string of the molecule is CC(C)OC(=O)c1c(C(=O)O)c(C(C)C)c(C(=O)O)c(C(=O)OC(C)C)c1C(C)C. The average Bonchev–Trinajstić information content (AvgIpc) is 2.56. The van der Waals surface area contributed by atoms with Gasteiger partial charge in [0.2, 0.25) is 0 Å². The molecule has 0 aliphatic rings. The molecule has 8 heteroatoms. The van der Waals surface area contributed by atoms with Gasteiger partial charge in [0.1, 0.15) is 0 Å². The van der Waals surface area contributed by atoms with Crippen molar-refractivity contribution in [2.24, 2.45) is 0 Å². The van der Waals surface area contributed by atoms with Gasteiger partial charge in [-0.3, -0.25) is 0 Å². The second-order valence-electron chi connectivity index (χ2n) is 8.16. The van der Waals surface area contributed by atoms with E-state index < -0.39 is 59.0 Å². The highest BCUT2D eigenvalue weighted by Crippen LogP contribution is 2.38. The van der Waals surface area contributed by atoms with Crippen LogP contribution >= 0.6 is 0 Å². The third kappa shape index (κ3) is 5.17. The predicted octanol–water partition coefficient (Wildman–Crippen LogP) is 4.46. The van der Waals surface area contributed by atoms with E-state index in [4.69, 9.17) is 9.47 Å². The summed E-state index contributed by atoms with van der Waals surface area (Å²) >= 11 is 0. The van der Waals surface area contributed by atoms with Crippen molar-refractivity contribution in [1.82, 2.24) is 0 Å². The van der Waals surface area contributed by atoms with Gasteiger partial charge in [-0.1, -0.05) is 27.7 Å². The number of hydrogen-bond acceptors (Lipinski definition) is 6. The van der Waals surface area contributed by atoms with Crippen LogP contribution < -0.4 is 0 Å². The number of carbonyl (C=O) groups is 4. The second-order valence-corrected chi connectivity index (χ2v) is 8.16. The zero-order chi connectivity index (χ0) is 23.5. The molecule has 0 unspecified atom stereocenters. The quantitative estimate of drug-likeness (QED) is 0.588. The van der Waals surface area contributed by atoms with Gasteiger partial charge in [0, 0.05) is 0 Å². The largest absolute Gasteiger partial charge is 0.478 e. The van der Waals surface area contributed by atoms with Gasteiger partial charge in [0.25, 0.3) is 0 Å². The lowest BCUT2D eigenvalue weighted by Gasteiger charge is -2.26. The van der Waals surface area contributed by atoms with Gasteiger partial charge in [-0.05, 0) is 50.7 Å². The van der Waals surface area contributed by atoms with Crippen LogP contribution in [0, 0.1) is 0 Å². The van der Waals surface area contributed by atoms with Crippen molar-refractivity contribution in [2.75, 3.05) is 0 Å². The van der Waals surface area contributed by atoms with E-state index in [9.17, 15) is 29.4 Å². The van der Waals surface area contributed by atoms with Gasteiger partial charge >= 0.3 is 23.9 Å². The molecule has 0 aliphatic heterocycles. The minimum atomic E-state index is -1.47. The van der Waals surface area contributed by atoms with Crippen LogP contribution in [0.3, 0.4) is 0 Å². The van der Waals surface area contributed by atoms with Crippen molar-refractivity contribution in [3.63, 3.8) is 0 Å². The first-order chi connectivity index (χ1) is 13.7. The molecule has 2 N–H and O–H groups in total. The summed E-state index contributed by atoms with van der Waals surface area (Å²) in [5, 5.41) is 19.9. The van der Waals surface area contributed by atoms with E-state index in [1.54, 1.807) is 55.4 Å². The molecular weight excluding hydrogens is 392 g/mol. The van der Waals surface area contributed by atoms with Crippen molar-refractivity contribution >= 4 is 23.9 Å². The molecule has 8 nitrogen and oxygen atoms in total. The summed E-state index contributed by atoms with van der Waals surface area (Å²) in [5.74, 6) is -5.97. The van der Waals surface area contributed by atoms with Crippen LogP contribution in [0.15, 0.2) is 0 Å². The van der Waals surface area contributed by atoms with Crippen molar-refractivity contribution in [3.8, 4) is 0 Å². The summed E-state index contributed by atoms with van der Waals surface area (Å²) in [5.41, 5.74) is -1.67. The van der Waals surface area contributed by atoms with Gasteiger partial charge in [-0.15, -0.1) is 0 Å². The lowest BCUT2D eigenvalue weighted by atomic mass is 9.79. The van der Waals surface area contributed by atoms with E-state index in [2.05, 4.69) is 0 Å². The number of hydrogen-bond donors (Lipinski definition) is 2. The molecular formula is C22H30O8. The Morgan fingerprint density at radius 3 is 1.03 bits per heavy atom. The molecule has 0 saturated heterocycles. The van der Waals surface area contributed by atoms with Crippen molar-refractivity contribution < 1.29 is 38.9 Å². The van der Waals surface area contributed by atoms with E-state index in [-0.39, 0.29) is 22.3 Å². The second kappa shape index (κ2) is 9.73. The van der Waals surface area contributed by atoms with Crippen LogP contribution in [0.25, 0.3) is 0 Å². The van der Waals surface area contributed by atoms with Crippen LogP contribution in [0.2, 0.25) is 0 Å². The topological polar surface area (TPSA) is 127 Å². The highest BCUT2D eigenvalue weighted by atomic mass is 16.5. The number of rotatable bonds is 8. The first kappa shape index (κ1) is 25.1. The molecule has 0 bridgehead atoms. The summed E-state index contributed by atoms with van der Waals surface area (Å²) in [6, 6.07) is 0. The fraction of sp³-hybridized carbons (Fsp3) is 0.545. The highest BCUT2D eigenvalue weighted by Gasteiger charge is 2.38.